The summed E-state index contributed by atoms with van der Waals surface area (Å²) in [4.78, 5) is 42.3. The Labute approximate surface area is 135 Å². The minimum Gasteiger partial charge on any atom is -0.390 e. The van der Waals surface area contributed by atoms with E-state index in [0.717, 1.165) is 6.20 Å². The Morgan fingerprint density at radius 2 is 1.92 bits per heavy atom. The van der Waals surface area contributed by atoms with Gasteiger partial charge in [0.05, 0.1) is 12.1 Å². The quantitative estimate of drug-likeness (QED) is 0.636. The number of piperidine rings is 1. The first-order valence-corrected chi connectivity index (χ1v) is 7.68. The Morgan fingerprint density at radius 3 is 2.54 bits per heavy atom. The van der Waals surface area contributed by atoms with Gasteiger partial charge in [-0.1, -0.05) is 0 Å². The highest BCUT2D eigenvalue weighted by molar-refractivity contribution is 5.93. The number of carbonyl (C=O) groups is 1. The molecule has 1 aromatic heterocycles. The van der Waals surface area contributed by atoms with E-state index in [9.17, 15) is 28.3 Å². The number of halogens is 2. The molecule has 132 valence electrons. The Balaban J connectivity index is 1.70. The van der Waals surface area contributed by atoms with Crippen molar-refractivity contribution >= 4 is 5.91 Å². The molecule has 0 bridgehead atoms. The van der Waals surface area contributed by atoms with Gasteiger partial charge in [0.15, 0.2) is 0 Å². The SMILES string of the molecule is O=C(c1c[nH]c(=O)[nH]c1=O)N1C[C@@H](O)[C@H](N2CCC(F)(F)CC2)C1. The van der Waals surface area contributed by atoms with E-state index < -0.39 is 35.2 Å². The monoisotopic (exact) mass is 344 g/mol. The summed E-state index contributed by atoms with van der Waals surface area (Å²) in [5.41, 5.74) is -1.75. The van der Waals surface area contributed by atoms with E-state index in [-0.39, 0.29) is 44.6 Å². The van der Waals surface area contributed by atoms with Crippen LogP contribution in [-0.4, -0.2) is 75.0 Å². The van der Waals surface area contributed by atoms with Gasteiger partial charge >= 0.3 is 5.69 Å². The summed E-state index contributed by atoms with van der Waals surface area (Å²) in [6.45, 7) is 0.449. The first kappa shape index (κ1) is 16.8. The second-order valence-electron chi connectivity index (χ2n) is 6.22. The molecule has 2 aliphatic heterocycles. The fourth-order valence-corrected chi connectivity index (χ4v) is 3.22. The van der Waals surface area contributed by atoms with Gasteiger partial charge in [-0.05, 0) is 0 Å². The number of carbonyl (C=O) groups excluding carboxylic acids is 1. The summed E-state index contributed by atoms with van der Waals surface area (Å²) in [7, 11) is 0. The van der Waals surface area contributed by atoms with Crippen LogP contribution in [0.1, 0.15) is 23.2 Å². The summed E-state index contributed by atoms with van der Waals surface area (Å²) >= 11 is 0. The third kappa shape index (κ3) is 3.24. The van der Waals surface area contributed by atoms with Crippen LogP contribution in [0.3, 0.4) is 0 Å². The predicted molar refractivity (Wildman–Crippen MR) is 79.1 cm³/mol. The molecule has 2 atom stereocenters. The van der Waals surface area contributed by atoms with Crippen molar-refractivity contribution in [1.82, 2.24) is 19.8 Å². The number of alkyl halides is 2. The van der Waals surface area contributed by atoms with Crippen LogP contribution in [0.4, 0.5) is 8.78 Å². The Hall–Kier alpha value is -2.07. The van der Waals surface area contributed by atoms with E-state index in [0.29, 0.717) is 0 Å². The lowest BCUT2D eigenvalue weighted by Gasteiger charge is -2.36. The van der Waals surface area contributed by atoms with Gasteiger partial charge in [0, 0.05) is 45.2 Å². The van der Waals surface area contributed by atoms with Gasteiger partial charge in [-0.2, -0.15) is 0 Å². The Kier molecular flexibility index (Phi) is 4.26. The first-order chi connectivity index (χ1) is 11.3. The minimum absolute atomic E-state index is 0.00889. The smallest absolute Gasteiger partial charge is 0.325 e. The largest absolute Gasteiger partial charge is 0.390 e. The summed E-state index contributed by atoms with van der Waals surface area (Å²) in [6, 6.07) is -0.438. The van der Waals surface area contributed by atoms with Crippen molar-refractivity contribution in [2.75, 3.05) is 26.2 Å². The summed E-state index contributed by atoms with van der Waals surface area (Å²) in [6.07, 6.45) is -0.388. The van der Waals surface area contributed by atoms with Crippen LogP contribution < -0.4 is 11.2 Å². The Morgan fingerprint density at radius 1 is 1.25 bits per heavy atom. The van der Waals surface area contributed by atoms with Crippen LogP contribution in [0.2, 0.25) is 0 Å². The van der Waals surface area contributed by atoms with E-state index in [1.54, 1.807) is 4.90 Å². The van der Waals surface area contributed by atoms with E-state index in [4.69, 9.17) is 0 Å². The maximum atomic E-state index is 13.2. The molecule has 0 aliphatic carbocycles. The summed E-state index contributed by atoms with van der Waals surface area (Å²) in [5.74, 6) is -3.30. The highest BCUT2D eigenvalue weighted by Crippen LogP contribution is 2.30. The first-order valence-electron chi connectivity index (χ1n) is 7.68. The van der Waals surface area contributed by atoms with Crippen molar-refractivity contribution in [3.8, 4) is 0 Å². The van der Waals surface area contributed by atoms with E-state index in [2.05, 4.69) is 4.98 Å². The van der Waals surface area contributed by atoms with Gasteiger partial charge in [-0.3, -0.25) is 19.5 Å². The molecule has 0 unspecified atom stereocenters. The number of aromatic nitrogens is 2. The van der Waals surface area contributed by atoms with Gasteiger partial charge in [0.25, 0.3) is 17.4 Å². The van der Waals surface area contributed by atoms with Gasteiger partial charge in [-0.15, -0.1) is 0 Å². The molecule has 1 aromatic rings. The molecule has 24 heavy (non-hydrogen) atoms. The number of hydrogen-bond acceptors (Lipinski definition) is 5. The molecule has 0 radical (unpaired) electrons. The van der Waals surface area contributed by atoms with Gasteiger partial charge in [0.1, 0.15) is 5.56 Å². The van der Waals surface area contributed by atoms with Crippen molar-refractivity contribution < 1.29 is 18.7 Å². The lowest BCUT2D eigenvalue weighted by Crippen LogP contribution is -2.49. The average Bonchev–Trinajstić information content (AvgIpc) is 2.89. The number of rotatable bonds is 2. The zero-order valence-electron chi connectivity index (χ0n) is 12.8. The molecule has 3 rings (SSSR count). The lowest BCUT2D eigenvalue weighted by atomic mass is 10.0. The third-order valence-electron chi connectivity index (χ3n) is 4.59. The minimum atomic E-state index is -2.68. The number of likely N-dealkylation sites (tertiary alicyclic amines) is 2. The second-order valence-corrected chi connectivity index (χ2v) is 6.22. The topological polar surface area (TPSA) is 109 Å². The second kappa shape index (κ2) is 6.10. The van der Waals surface area contributed by atoms with Crippen LogP contribution in [0.25, 0.3) is 0 Å². The van der Waals surface area contributed by atoms with Crippen molar-refractivity contribution in [2.45, 2.75) is 30.9 Å². The number of hydrogen-bond donors (Lipinski definition) is 3. The fourth-order valence-electron chi connectivity index (χ4n) is 3.22. The zero-order chi connectivity index (χ0) is 17.5. The number of aliphatic hydroxyl groups excluding tert-OH is 1. The van der Waals surface area contributed by atoms with Crippen LogP contribution in [0.15, 0.2) is 15.8 Å². The molecular formula is C14H18F2N4O4. The van der Waals surface area contributed by atoms with Gasteiger partial charge in [0.2, 0.25) is 0 Å². The molecule has 2 saturated heterocycles. The molecule has 1 amide bonds. The Bertz CT molecular complexity index is 737. The predicted octanol–water partition coefficient (Wildman–Crippen LogP) is -1.02. The molecular weight excluding hydrogens is 326 g/mol. The van der Waals surface area contributed by atoms with Crippen molar-refractivity contribution in [3.63, 3.8) is 0 Å². The number of amides is 1. The van der Waals surface area contributed by atoms with Gasteiger partial charge < -0.3 is 15.0 Å². The van der Waals surface area contributed by atoms with Crippen LogP contribution in [-0.2, 0) is 0 Å². The molecule has 2 aliphatic rings. The lowest BCUT2D eigenvalue weighted by molar-refractivity contribution is -0.0697. The van der Waals surface area contributed by atoms with Crippen LogP contribution >= 0.6 is 0 Å². The van der Waals surface area contributed by atoms with Crippen molar-refractivity contribution in [3.05, 3.63) is 32.6 Å². The van der Waals surface area contributed by atoms with E-state index >= 15 is 0 Å². The molecule has 2 fully saturated rings. The molecule has 3 N–H and O–H groups in total. The zero-order valence-corrected chi connectivity index (χ0v) is 12.8. The molecule has 3 heterocycles. The maximum absolute atomic E-state index is 13.2. The molecule has 0 saturated carbocycles. The van der Waals surface area contributed by atoms with E-state index in [1.807, 2.05) is 4.98 Å². The molecule has 0 spiro atoms. The van der Waals surface area contributed by atoms with E-state index in [1.165, 1.54) is 4.90 Å². The number of aromatic amines is 2. The highest BCUT2D eigenvalue weighted by atomic mass is 19.3. The van der Waals surface area contributed by atoms with Crippen molar-refractivity contribution in [2.24, 2.45) is 0 Å². The number of nitrogens with zero attached hydrogens (tertiary/aromatic N) is 2. The standard InChI is InChI=1S/C14H18F2N4O4/c15-14(16)1-3-19(4-2-14)9-6-20(7-10(9)21)12(23)8-5-17-13(24)18-11(8)22/h5,9-10,21H,1-4,6-7H2,(H2,17,18,22,24)/t9-,10-/m1/s1. The fraction of sp³-hybridized carbons (Fsp3) is 0.643. The molecule has 8 nitrogen and oxygen atoms in total. The third-order valence-corrected chi connectivity index (χ3v) is 4.59. The molecule has 10 heteroatoms. The maximum Gasteiger partial charge on any atom is 0.325 e. The average molecular weight is 344 g/mol. The summed E-state index contributed by atoms with van der Waals surface area (Å²) in [5, 5.41) is 10.2. The highest BCUT2D eigenvalue weighted by Gasteiger charge is 2.42. The molecule has 0 aromatic carbocycles. The van der Waals surface area contributed by atoms with Crippen LogP contribution in [0, 0.1) is 0 Å². The number of H-pyrrole nitrogens is 2. The summed E-state index contributed by atoms with van der Waals surface area (Å²) < 4.78 is 26.5. The van der Waals surface area contributed by atoms with Gasteiger partial charge in [-0.25, -0.2) is 13.6 Å². The number of aliphatic hydroxyl groups is 1. The van der Waals surface area contributed by atoms with Crippen LogP contribution in [0.5, 0.6) is 0 Å². The normalized spacial score (nSPS) is 27.4. The number of nitrogens with one attached hydrogen (secondary N) is 2. The number of β-amino-alcohol motifs (C(OH)–C–C–N with tert-alkyl or cyclic N) is 1. The van der Waals surface area contributed by atoms with Crippen molar-refractivity contribution in [1.29, 1.82) is 0 Å².